The number of aliphatic hydroxyl groups excluding tert-OH is 1. The Hall–Kier alpha value is -1.95. The molecule has 0 radical (unpaired) electrons. The van der Waals surface area contributed by atoms with Crippen molar-refractivity contribution in [2.24, 2.45) is 0 Å². The maximum absolute atomic E-state index is 12.0. The number of aromatic nitrogens is 1. The summed E-state index contributed by atoms with van der Waals surface area (Å²) in [5.41, 5.74) is 0.814. The van der Waals surface area contributed by atoms with Gasteiger partial charge < -0.3 is 10.4 Å². The van der Waals surface area contributed by atoms with Crippen LogP contribution in [-0.2, 0) is 10.0 Å². The van der Waals surface area contributed by atoms with Crippen LogP contribution in [0, 0.1) is 11.8 Å². The molecular weight excluding hydrogens is 294 g/mol. The van der Waals surface area contributed by atoms with E-state index in [-0.39, 0.29) is 25.6 Å². The number of hydrogen-bond donors (Lipinski definition) is 3. The lowest BCUT2D eigenvalue weighted by Crippen LogP contribution is -2.34. The Labute approximate surface area is 123 Å². The van der Waals surface area contributed by atoms with Gasteiger partial charge in [-0.2, -0.15) is 0 Å². The summed E-state index contributed by atoms with van der Waals surface area (Å²) in [6.07, 6.45) is 4.30. The lowest BCUT2D eigenvalue weighted by atomic mass is 10.1. The minimum atomic E-state index is -3.27. The van der Waals surface area contributed by atoms with Gasteiger partial charge in [-0.15, -0.1) is 0 Å². The maximum atomic E-state index is 12.0. The predicted octanol–water partition coefficient (Wildman–Crippen LogP) is -0.905. The van der Waals surface area contributed by atoms with Gasteiger partial charge in [0.05, 0.1) is 24.0 Å². The molecule has 0 aliphatic heterocycles. The smallest absolute Gasteiger partial charge is 0.252 e. The number of carbonyl (C=O) groups is 1. The van der Waals surface area contributed by atoms with E-state index in [9.17, 15) is 13.2 Å². The van der Waals surface area contributed by atoms with Crippen LogP contribution in [-0.4, -0.2) is 50.4 Å². The molecule has 0 aromatic carbocycles. The highest BCUT2D eigenvalue weighted by molar-refractivity contribution is 7.88. The largest absolute Gasteiger partial charge is 0.395 e. The number of hydrogen-bond acceptors (Lipinski definition) is 5. The molecule has 8 heteroatoms. The Kier molecular flexibility index (Phi) is 6.81. The molecule has 0 atom stereocenters. The van der Waals surface area contributed by atoms with E-state index in [2.05, 4.69) is 26.9 Å². The number of aliphatic hydroxyl groups is 1. The minimum Gasteiger partial charge on any atom is -0.395 e. The number of rotatable bonds is 6. The van der Waals surface area contributed by atoms with Crippen molar-refractivity contribution in [2.75, 3.05) is 26.0 Å². The molecule has 21 heavy (non-hydrogen) atoms. The maximum Gasteiger partial charge on any atom is 0.252 e. The highest BCUT2D eigenvalue weighted by Crippen LogP contribution is 2.05. The second-order valence-electron chi connectivity index (χ2n) is 4.12. The van der Waals surface area contributed by atoms with Gasteiger partial charge in [0, 0.05) is 31.9 Å². The molecule has 1 heterocycles. The van der Waals surface area contributed by atoms with E-state index in [0.717, 1.165) is 6.26 Å². The van der Waals surface area contributed by atoms with Gasteiger partial charge in [-0.25, -0.2) is 13.1 Å². The van der Waals surface area contributed by atoms with Crippen LogP contribution in [0.3, 0.4) is 0 Å². The molecule has 1 rings (SSSR count). The number of nitrogens with one attached hydrogen (secondary N) is 2. The molecular formula is C13H17N3O4S. The first-order valence-electron chi connectivity index (χ1n) is 6.20. The lowest BCUT2D eigenvalue weighted by Gasteiger charge is -2.07. The normalized spacial score (nSPS) is 10.6. The SMILES string of the molecule is CS(=O)(=O)NCCNC(=O)c1ccncc1C#CCCO. The molecule has 1 aromatic rings. The first-order valence-corrected chi connectivity index (χ1v) is 8.10. The Balaban J connectivity index is 2.64. The van der Waals surface area contributed by atoms with Crippen LogP contribution in [0.25, 0.3) is 0 Å². The molecule has 0 aliphatic rings. The van der Waals surface area contributed by atoms with Crippen molar-refractivity contribution >= 4 is 15.9 Å². The van der Waals surface area contributed by atoms with Crippen molar-refractivity contribution in [1.82, 2.24) is 15.0 Å². The van der Waals surface area contributed by atoms with E-state index in [4.69, 9.17) is 5.11 Å². The van der Waals surface area contributed by atoms with Gasteiger partial charge >= 0.3 is 0 Å². The van der Waals surface area contributed by atoms with Gasteiger partial charge in [-0.3, -0.25) is 9.78 Å². The summed E-state index contributed by atoms with van der Waals surface area (Å²) in [6, 6.07) is 1.53. The number of amides is 1. The predicted molar refractivity (Wildman–Crippen MR) is 78.0 cm³/mol. The molecule has 7 nitrogen and oxygen atoms in total. The summed E-state index contributed by atoms with van der Waals surface area (Å²) in [5, 5.41) is 11.3. The quantitative estimate of drug-likeness (QED) is 0.466. The van der Waals surface area contributed by atoms with Crippen LogP contribution < -0.4 is 10.0 Å². The monoisotopic (exact) mass is 311 g/mol. The van der Waals surface area contributed by atoms with Crippen molar-refractivity contribution in [3.05, 3.63) is 29.6 Å². The number of sulfonamides is 1. The highest BCUT2D eigenvalue weighted by Gasteiger charge is 2.09. The van der Waals surface area contributed by atoms with Crippen molar-refractivity contribution in [2.45, 2.75) is 6.42 Å². The third-order valence-electron chi connectivity index (χ3n) is 2.30. The van der Waals surface area contributed by atoms with Crippen LogP contribution in [0.5, 0.6) is 0 Å². The Morgan fingerprint density at radius 2 is 2.19 bits per heavy atom. The lowest BCUT2D eigenvalue weighted by molar-refractivity contribution is 0.0954. The standard InChI is InChI=1S/C13H17N3O4S/c1-21(19,20)16-8-7-15-13(18)12-5-6-14-10-11(12)4-2-3-9-17/h5-6,10,16-17H,3,7-9H2,1H3,(H,15,18). The molecule has 114 valence electrons. The zero-order valence-electron chi connectivity index (χ0n) is 11.6. The molecule has 0 unspecified atom stereocenters. The van der Waals surface area contributed by atoms with Gasteiger partial charge in [0.1, 0.15) is 0 Å². The zero-order chi connectivity index (χ0) is 15.7. The second kappa shape index (κ2) is 8.36. The van der Waals surface area contributed by atoms with Gasteiger partial charge in [0.2, 0.25) is 10.0 Å². The second-order valence-corrected chi connectivity index (χ2v) is 5.95. The van der Waals surface area contributed by atoms with E-state index >= 15 is 0 Å². The molecule has 0 bridgehead atoms. The third-order valence-corrected chi connectivity index (χ3v) is 3.03. The number of pyridine rings is 1. The molecule has 3 N–H and O–H groups in total. The average Bonchev–Trinajstić information content (AvgIpc) is 2.43. The summed E-state index contributed by atoms with van der Waals surface area (Å²) in [4.78, 5) is 15.9. The Morgan fingerprint density at radius 3 is 2.86 bits per heavy atom. The molecule has 1 amide bonds. The molecule has 0 spiro atoms. The van der Waals surface area contributed by atoms with E-state index < -0.39 is 10.0 Å². The van der Waals surface area contributed by atoms with E-state index in [1.54, 1.807) is 0 Å². The molecule has 0 fully saturated rings. The van der Waals surface area contributed by atoms with Crippen molar-refractivity contribution in [3.8, 4) is 11.8 Å². The van der Waals surface area contributed by atoms with Crippen molar-refractivity contribution in [1.29, 1.82) is 0 Å². The van der Waals surface area contributed by atoms with Crippen molar-refractivity contribution in [3.63, 3.8) is 0 Å². The zero-order valence-corrected chi connectivity index (χ0v) is 12.4. The number of nitrogens with zero attached hydrogens (tertiary/aromatic N) is 1. The van der Waals surface area contributed by atoms with Crippen LogP contribution in [0.4, 0.5) is 0 Å². The van der Waals surface area contributed by atoms with E-state index in [1.165, 1.54) is 18.5 Å². The van der Waals surface area contributed by atoms with Gasteiger partial charge in [0.15, 0.2) is 0 Å². The molecule has 0 aliphatic carbocycles. The van der Waals surface area contributed by atoms with Crippen LogP contribution in [0.2, 0.25) is 0 Å². The van der Waals surface area contributed by atoms with E-state index in [0.29, 0.717) is 17.5 Å². The summed E-state index contributed by atoms with van der Waals surface area (Å²) in [5.74, 6) is 5.13. The first-order chi connectivity index (χ1) is 9.94. The molecule has 1 aromatic heterocycles. The molecule has 0 saturated heterocycles. The van der Waals surface area contributed by atoms with Crippen LogP contribution >= 0.6 is 0 Å². The summed E-state index contributed by atoms with van der Waals surface area (Å²) in [7, 11) is -3.27. The highest BCUT2D eigenvalue weighted by atomic mass is 32.2. The van der Waals surface area contributed by atoms with Crippen LogP contribution in [0.15, 0.2) is 18.5 Å². The van der Waals surface area contributed by atoms with E-state index in [1.807, 2.05) is 0 Å². The average molecular weight is 311 g/mol. The van der Waals surface area contributed by atoms with Crippen LogP contribution in [0.1, 0.15) is 22.3 Å². The molecule has 0 saturated carbocycles. The Bertz CT molecular complexity index is 647. The van der Waals surface area contributed by atoms with Gasteiger partial charge in [0.25, 0.3) is 5.91 Å². The fourth-order valence-electron chi connectivity index (χ4n) is 1.41. The summed E-state index contributed by atoms with van der Waals surface area (Å²) in [6.45, 7) is 0.227. The number of carbonyl (C=O) groups excluding carboxylic acids is 1. The minimum absolute atomic E-state index is 0.0496. The summed E-state index contributed by atoms with van der Waals surface area (Å²) < 4.78 is 24.0. The topological polar surface area (TPSA) is 108 Å². The first kappa shape index (κ1) is 17.1. The van der Waals surface area contributed by atoms with Crippen molar-refractivity contribution < 1.29 is 18.3 Å². The fraction of sp³-hybridized carbons (Fsp3) is 0.385. The Morgan fingerprint density at radius 1 is 1.43 bits per heavy atom. The third kappa shape index (κ3) is 6.85. The van der Waals surface area contributed by atoms with Gasteiger partial charge in [-0.05, 0) is 6.07 Å². The summed E-state index contributed by atoms with van der Waals surface area (Å²) >= 11 is 0. The van der Waals surface area contributed by atoms with Gasteiger partial charge in [-0.1, -0.05) is 11.8 Å². The fourth-order valence-corrected chi connectivity index (χ4v) is 1.89.